The van der Waals surface area contributed by atoms with Crippen LogP contribution in [0.1, 0.15) is 11.1 Å². The molecule has 0 aliphatic carbocycles. The number of aromatic nitrogens is 1. The molecule has 2 aromatic rings. The summed E-state index contributed by atoms with van der Waals surface area (Å²) < 4.78 is 0. The Bertz CT molecular complexity index is 506. The Morgan fingerprint density at radius 3 is 2.61 bits per heavy atom. The zero-order chi connectivity index (χ0) is 13.0. The molecule has 3 nitrogen and oxygen atoms in total. The minimum Gasteiger partial charge on any atom is -0.378 e. The second kappa shape index (κ2) is 5.54. The molecule has 0 bridgehead atoms. The van der Waals surface area contributed by atoms with Crippen molar-refractivity contribution >= 4 is 11.5 Å². The highest BCUT2D eigenvalue weighted by Gasteiger charge is 2.01. The van der Waals surface area contributed by atoms with E-state index in [0.29, 0.717) is 0 Å². The molecule has 94 valence electrons. The first kappa shape index (κ1) is 12.4. The second-order valence-corrected chi connectivity index (χ2v) is 4.57. The van der Waals surface area contributed by atoms with Gasteiger partial charge in [0.25, 0.3) is 0 Å². The molecule has 0 fully saturated rings. The molecule has 0 saturated heterocycles. The Morgan fingerprint density at radius 1 is 1.17 bits per heavy atom. The van der Waals surface area contributed by atoms with Crippen molar-refractivity contribution in [2.24, 2.45) is 0 Å². The molecule has 0 aliphatic rings. The Labute approximate surface area is 108 Å². The fraction of sp³-hybridized carbons (Fsp3) is 0.267. The lowest BCUT2D eigenvalue weighted by Gasteiger charge is -2.15. The summed E-state index contributed by atoms with van der Waals surface area (Å²) in [6.45, 7) is 2.94. The maximum Gasteiger partial charge on any atom is 0.126 e. The normalized spacial score (nSPS) is 10.2. The summed E-state index contributed by atoms with van der Waals surface area (Å²) in [4.78, 5) is 6.36. The number of aryl methyl sites for hydroxylation is 1. The minimum absolute atomic E-state index is 0.802. The van der Waals surface area contributed by atoms with Crippen molar-refractivity contribution in [1.82, 2.24) is 4.98 Å². The maximum absolute atomic E-state index is 4.25. The summed E-state index contributed by atoms with van der Waals surface area (Å²) in [5.41, 5.74) is 3.82. The van der Waals surface area contributed by atoms with Crippen LogP contribution in [0.3, 0.4) is 0 Å². The van der Waals surface area contributed by atoms with Gasteiger partial charge in [0.1, 0.15) is 5.82 Å². The third-order valence-corrected chi connectivity index (χ3v) is 2.97. The number of hydrogen-bond acceptors (Lipinski definition) is 3. The molecule has 2 rings (SSSR count). The SMILES string of the molecule is Cc1cc(N(C)C)ccc1CNc1ccccn1. The van der Waals surface area contributed by atoms with E-state index in [2.05, 4.69) is 54.4 Å². The van der Waals surface area contributed by atoms with Crippen molar-refractivity contribution in [3.8, 4) is 0 Å². The van der Waals surface area contributed by atoms with Crippen molar-refractivity contribution in [2.45, 2.75) is 13.5 Å². The number of rotatable bonds is 4. The van der Waals surface area contributed by atoms with Crippen LogP contribution in [0.4, 0.5) is 11.5 Å². The summed E-state index contributed by atoms with van der Waals surface area (Å²) in [5.74, 6) is 0.911. The van der Waals surface area contributed by atoms with Gasteiger partial charge in [0.2, 0.25) is 0 Å². The first-order valence-electron chi connectivity index (χ1n) is 6.08. The first-order chi connectivity index (χ1) is 8.66. The van der Waals surface area contributed by atoms with Gasteiger partial charge in [0.15, 0.2) is 0 Å². The van der Waals surface area contributed by atoms with Crippen molar-refractivity contribution < 1.29 is 0 Å². The van der Waals surface area contributed by atoms with Crippen LogP contribution in [0.15, 0.2) is 42.6 Å². The third kappa shape index (κ3) is 3.00. The van der Waals surface area contributed by atoms with Gasteiger partial charge in [-0.25, -0.2) is 4.98 Å². The summed E-state index contributed by atoms with van der Waals surface area (Å²) in [7, 11) is 4.11. The summed E-state index contributed by atoms with van der Waals surface area (Å²) >= 11 is 0. The molecule has 1 heterocycles. The van der Waals surface area contributed by atoms with Crippen LogP contribution in [0.5, 0.6) is 0 Å². The Kier molecular flexibility index (Phi) is 3.82. The predicted molar refractivity (Wildman–Crippen MR) is 77.1 cm³/mol. The van der Waals surface area contributed by atoms with Crippen LogP contribution in [-0.2, 0) is 6.54 Å². The molecule has 0 radical (unpaired) electrons. The Morgan fingerprint density at radius 2 is 2.00 bits per heavy atom. The molecule has 0 amide bonds. The number of anilines is 2. The zero-order valence-electron chi connectivity index (χ0n) is 11.1. The summed E-state index contributed by atoms with van der Waals surface area (Å²) in [5, 5.41) is 3.33. The number of hydrogen-bond donors (Lipinski definition) is 1. The van der Waals surface area contributed by atoms with Crippen LogP contribution in [0.25, 0.3) is 0 Å². The standard InChI is InChI=1S/C15H19N3/c1-12-10-14(18(2)3)8-7-13(12)11-17-15-6-4-5-9-16-15/h4-10H,11H2,1-3H3,(H,16,17). The topological polar surface area (TPSA) is 28.2 Å². The Hall–Kier alpha value is -2.03. The van der Waals surface area contributed by atoms with E-state index in [9.17, 15) is 0 Å². The smallest absolute Gasteiger partial charge is 0.126 e. The predicted octanol–water partition coefficient (Wildman–Crippen LogP) is 3.07. The van der Waals surface area contributed by atoms with Gasteiger partial charge in [-0.05, 0) is 42.3 Å². The highest BCUT2D eigenvalue weighted by atomic mass is 15.1. The fourth-order valence-electron chi connectivity index (χ4n) is 1.81. The van der Waals surface area contributed by atoms with Crippen molar-refractivity contribution in [3.63, 3.8) is 0 Å². The molecule has 0 atom stereocenters. The average molecular weight is 241 g/mol. The quantitative estimate of drug-likeness (QED) is 0.891. The molecule has 0 aliphatic heterocycles. The lowest BCUT2D eigenvalue weighted by molar-refractivity contribution is 1.07. The lowest BCUT2D eigenvalue weighted by atomic mass is 10.1. The van der Waals surface area contributed by atoms with E-state index in [4.69, 9.17) is 0 Å². The molecule has 0 spiro atoms. The molecular formula is C15H19N3. The summed E-state index contributed by atoms with van der Waals surface area (Å²) in [6.07, 6.45) is 1.80. The highest BCUT2D eigenvalue weighted by molar-refractivity contribution is 5.50. The average Bonchev–Trinajstić information content (AvgIpc) is 2.38. The highest BCUT2D eigenvalue weighted by Crippen LogP contribution is 2.18. The van der Waals surface area contributed by atoms with E-state index in [1.807, 2.05) is 18.2 Å². The van der Waals surface area contributed by atoms with Crippen LogP contribution < -0.4 is 10.2 Å². The van der Waals surface area contributed by atoms with E-state index in [1.54, 1.807) is 6.20 Å². The largest absolute Gasteiger partial charge is 0.378 e. The van der Waals surface area contributed by atoms with Crippen LogP contribution in [0, 0.1) is 6.92 Å². The van der Waals surface area contributed by atoms with Gasteiger partial charge < -0.3 is 10.2 Å². The second-order valence-electron chi connectivity index (χ2n) is 4.57. The maximum atomic E-state index is 4.25. The van der Waals surface area contributed by atoms with Crippen LogP contribution in [-0.4, -0.2) is 19.1 Å². The number of nitrogens with one attached hydrogen (secondary N) is 1. The molecular weight excluding hydrogens is 222 g/mol. The number of benzene rings is 1. The fourth-order valence-corrected chi connectivity index (χ4v) is 1.81. The Balaban J connectivity index is 2.06. The van der Waals surface area contributed by atoms with Crippen molar-refractivity contribution in [2.75, 3.05) is 24.3 Å². The monoisotopic (exact) mass is 241 g/mol. The molecule has 1 aromatic carbocycles. The van der Waals surface area contributed by atoms with Crippen molar-refractivity contribution in [1.29, 1.82) is 0 Å². The molecule has 3 heteroatoms. The van der Waals surface area contributed by atoms with E-state index in [0.717, 1.165) is 12.4 Å². The van der Waals surface area contributed by atoms with Gasteiger partial charge >= 0.3 is 0 Å². The zero-order valence-corrected chi connectivity index (χ0v) is 11.1. The molecule has 1 aromatic heterocycles. The van der Waals surface area contributed by atoms with Crippen LogP contribution >= 0.6 is 0 Å². The molecule has 0 saturated carbocycles. The molecule has 18 heavy (non-hydrogen) atoms. The van der Waals surface area contributed by atoms with Gasteiger partial charge in [0.05, 0.1) is 0 Å². The van der Waals surface area contributed by atoms with E-state index in [-0.39, 0.29) is 0 Å². The molecule has 0 unspecified atom stereocenters. The van der Waals surface area contributed by atoms with Crippen molar-refractivity contribution in [3.05, 3.63) is 53.7 Å². The lowest BCUT2D eigenvalue weighted by Crippen LogP contribution is -2.09. The number of nitrogens with zero attached hydrogens (tertiary/aromatic N) is 2. The van der Waals surface area contributed by atoms with Gasteiger partial charge in [0, 0.05) is 32.5 Å². The van der Waals surface area contributed by atoms with Crippen LogP contribution in [0.2, 0.25) is 0 Å². The third-order valence-electron chi connectivity index (χ3n) is 2.97. The van der Waals surface area contributed by atoms with E-state index >= 15 is 0 Å². The van der Waals surface area contributed by atoms with E-state index in [1.165, 1.54) is 16.8 Å². The summed E-state index contributed by atoms with van der Waals surface area (Å²) in [6, 6.07) is 12.4. The minimum atomic E-state index is 0.802. The van der Waals surface area contributed by atoms with E-state index < -0.39 is 0 Å². The molecule has 1 N–H and O–H groups in total. The number of pyridine rings is 1. The van der Waals surface area contributed by atoms with Gasteiger partial charge in [-0.1, -0.05) is 12.1 Å². The van der Waals surface area contributed by atoms with Gasteiger partial charge in [-0.2, -0.15) is 0 Å². The van der Waals surface area contributed by atoms with Gasteiger partial charge in [-0.3, -0.25) is 0 Å². The first-order valence-corrected chi connectivity index (χ1v) is 6.08. The van der Waals surface area contributed by atoms with Gasteiger partial charge in [-0.15, -0.1) is 0 Å².